The van der Waals surface area contributed by atoms with Crippen molar-refractivity contribution in [3.05, 3.63) is 35.8 Å². The molecule has 1 aromatic carbocycles. The van der Waals surface area contributed by atoms with Gasteiger partial charge in [0.25, 0.3) is 0 Å². The molecule has 1 unspecified atom stereocenters. The zero-order valence-corrected chi connectivity index (χ0v) is 13.5. The van der Waals surface area contributed by atoms with E-state index in [1.165, 1.54) is 19.1 Å². The van der Waals surface area contributed by atoms with Crippen molar-refractivity contribution in [1.82, 2.24) is 4.57 Å². The normalized spacial score (nSPS) is 14.3. The van der Waals surface area contributed by atoms with Gasteiger partial charge in [-0.2, -0.15) is 0 Å². The smallest absolute Gasteiger partial charge is 0.324 e. The van der Waals surface area contributed by atoms with E-state index in [0.29, 0.717) is 10.9 Å². The molecule has 0 aliphatic rings. The van der Waals surface area contributed by atoms with E-state index in [2.05, 4.69) is 5.92 Å². The third-order valence-corrected chi connectivity index (χ3v) is 6.13. The highest BCUT2D eigenvalue weighted by atomic mass is 32.2. The molecule has 1 aromatic heterocycles. The molecule has 0 aliphatic heterocycles. The minimum Gasteiger partial charge on any atom is -0.480 e. The Bertz CT molecular complexity index is 923. The van der Waals surface area contributed by atoms with Crippen molar-refractivity contribution >= 4 is 26.7 Å². The summed E-state index contributed by atoms with van der Waals surface area (Å²) in [6, 6.07) is 4.51. The summed E-state index contributed by atoms with van der Waals surface area (Å²) in [6.07, 6.45) is 7.63. The van der Waals surface area contributed by atoms with Crippen LogP contribution in [0, 0.1) is 18.2 Å². The number of nitrogens with zero attached hydrogens (tertiary/aromatic N) is 1. The van der Waals surface area contributed by atoms with Crippen molar-refractivity contribution in [1.29, 1.82) is 0 Å². The monoisotopic (exact) mass is 337 g/mol. The number of terminal acetylenes is 1. The van der Waals surface area contributed by atoms with E-state index in [0.717, 1.165) is 6.26 Å². The summed E-state index contributed by atoms with van der Waals surface area (Å²) in [5.74, 6) is 0.289. The second-order valence-electron chi connectivity index (χ2n) is 5.60. The van der Waals surface area contributed by atoms with Gasteiger partial charge in [-0.3, -0.25) is 4.79 Å². The molecule has 0 amide bonds. The number of aliphatic carboxylic acids is 1. The maximum absolute atomic E-state index is 13.8. The van der Waals surface area contributed by atoms with Gasteiger partial charge in [-0.1, -0.05) is 5.92 Å². The molecular weight excluding hydrogens is 321 g/mol. The molecule has 0 bridgehead atoms. The fourth-order valence-corrected chi connectivity index (χ4v) is 3.08. The van der Waals surface area contributed by atoms with Crippen LogP contribution in [0.15, 0.2) is 24.4 Å². The molecular formula is C16H16FNO4S. The third kappa shape index (κ3) is 2.94. The van der Waals surface area contributed by atoms with Crippen molar-refractivity contribution in [2.45, 2.75) is 24.6 Å². The minimum absolute atomic E-state index is 0.119. The lowest BCUT2D eigenvalue weighted by molar-refractivity contribution is -0.139. The Hall–Kier alpha value is -2.33. The van der Waals surface area contributed by atoms with Crippen LogP contribution in [-0.2, 0) is 21.2 Å². The van der Waals surface area contributed by atoms with E-state index >= 15 is 0 Å². The quantitative estimate of drug-likeness (QED) is 0.847. The lowest BCUT2D eigenvalue weighted by Gasteiger charge is -2.23. The summed E-state index contributed by atoms with van der Waals surface area (Å²) in [4.78, 5) is 11.4. The molecule has 0 saturated heterocycles. The van der Waals surface area contributed by atoms with Gasteiger partial charge in [0.2, 0.25) is 0 Å². The highest BCUT2D eigenvalue weighted by Crippen LogP contribution is 2.25. The summed E-state index contributed by atoms with van der Waals surface area (Å²) in [6.45, 7) is 1.29. The summed E-state index contributed by atoms with van der Waals surface area (Å²) < 4.78 is 37.1. The van der Waals surface area contributed by atoms with Gasteiger partial charge >= 0.3 is 5.97 Å². The molecule has 23 heavy (non-hydrogen) atoms. The molecule has 1 heterocycles. The number of carbonyl (C=O) groups is 1. The summed E-state index contributed by atoms with van der Waals surface area (Å²) in [7, 11) is -3.80. The predicted octanol–water partition coefficient (Wildman–Crippen LogP) is 2.04. The number of carboxylic acid groups (broad SMARTS) is 1. The number of benzene rings is 1. The fraction of sp³-hybridized carbons (Fsp3) is 0.312. The van der Waals surface area contributed by atoms with E-state index in [-0.39, 0.29) is 18.5 Å². The van der Waals surface area contributed by atoms with Crippen molar-refractivity contribution in [2.75, 3.05) is 6.26 Å². The lowest BCUT2D eigenvalue weighted by atomic mass is 10.1. The molecule has 0 aliphatic carbocycles. The van der Waals surface area contributed by atoms with Gasteiger partial charge in [-0.25, -0.2) is 12.8 Å². The Kier molecular flexibility index (Phi) is 4.22. The molecule has 122 valence electrons. The van der Waals surface area contributed by atoms with Crippen LogP contribution in [0.1, 0.15) is 18.9 Å². The molecule has 5 nitrogen and oxygen atoms in total. The average molecular weight is 337 g/mol. The van der Waals surface area contributed by atoms with Gasteiger partial charge in [0.1, 0.15) is 5.82 Å². The van der Waals surface area contributed by atoms with Crippen molar-refractivity contribution in [3.8, 4) is 12.3 Å². The second-order valence-corrected chi connectivity index (χ2v) is 8.05. The summed E-state index contributed by atoms with van der Waals surface area (Å²) in [5, 5.41) is 9.96. The van der Waals surface area contributed by atoms with Gasteiger partial charge < -0.3 is 9.67 Å². The van der Waals surface area contributed by atoms with Crippen LogP contribution in [0.4, 0.5) is 4.39 Å². The number of carboxylic acids is 1. The van der Waals surface area contributed by atoms with Crippen LogP contribution in [0.2, 0.25) is 0 Å². The van der Waals surface area contributed by atoms with Gasteiger partial charge in [-0.15, -0.1) is 6.42 Å². The van der Waals surface area contributed by atoms with Crippen molar-refractivity contribution in [3.63, 3.8) is 0 Å². The predicted molar refractivity (Wildman–Crippen MR) is 85.3 cm³/mol. The van der Waals surface area contributed by atoms with Crippen LogP contribution in [-0.4, -0.2) is 35.1 Å². The van der Waals surface area contributed by atoms with Gasteiger partial charge in [0, 0.05) is 24.4 Å². The first-order valence-electron chi connectivity index (χ1n) is 6.78. The van der Waals surface area contributed by atoms with Crippen molar-refractivity contribution < 1.29 is 22.7 Å². The van der Waals surface area contributed by atoms with Crippen LogP contribution < -0.4 is 0 Å². The standard InChI is InChI=1S/C16H16FNO4S/c1-4-11-9-12-5-7-18(14(12)10-13(11)17)8-6-16(2,15(19)20)23(3,21)22/h1,5,7,9-10H,6,8H2,2-3H3,(H,19,20). The fourth-order valence-electron chi connectivity index (χ4n) is 2.30. The Balaban J connectivity index is 2.38. The van der Waals surface area contributed by atoms with Gasteiger partial charge in [-0.05, 0) is 31.5 Å². The Morgan fingerprint density at radius 2 is 2.13 bits per heavy atom. The first-order valence-corrected chi connectivity index (χ1v) is 8.67. The van der Waals surface area contributed by atoms with E-state index in [4.69, 9.17) is 6.42 Å². The largest absolute Gasteiger partial charge is 0.480 e. The number of hydrogen-bond acceptors (Lipinski definition) is 3. The van der Waals surface area contributed by atoms with Gasteiger partial charge in [0.05, 0.1) is 11.1 Å². The zero-order valence-electron chi connectivity index (χ0n) is 12.7. The van der Waals surface area contributed by atoms with Crippen LogP contribution >= 0.6 is 0 Å². The first kappa shape index (κ1) is 17.0. The molecule has 7 heteroatoms. The van der Waals surface area contributed by atoms with E-state index in [1.54, 1.807) is 16.8 Å². The second kappa shape index (κ2) is 5.70. The SMILES string of the molecule is C#Cc1cc2ccn(CCC(C)(C(=O)O)S(C)(=O)=O)c2cc1F. The number of rotatable bonds is 5. The number of aryl methyl sites for hydroxylation is 1. The van der Waals surface area contributed by atoms with Crippen LogP contribution in [0.5, 0.6) is 0 Å². The number of hydrogen-bond donors (Lipinski definition) is 1. The number of halogens is 1. The molecule has 0 fully saturated rings. The lowest BCUT2D eigenvalue weighted by Crippen LogP contribution is -2.43. The minimum atomic E-state index is -3.80. The molecule has 1 atom stereocenters. The van der Waals surface area contributed by atoms with Crippen molar-refractivity contribution in [2.24, 2.45) is 0 Å². The van der Waals surface area contributed by atoms with Gasteiger partial charge in [0.15, 0.2) is 14.6 Å². The summed E-state index contributed by atoms with van der Waals surface area (Å²) >= 11 is 0. The maximum atomic E-state index is 13.8. The topological polar surface area (TPSA) is 76.4 Å². The molecule has 1 N–H and O–H groups in total. The van der Waals surface area contributed by atoms with Crippen LogP contribution in [0.25, 0.3) is 10.9 Å². The first-order chi connectivity index (χ1) is 10.6. The highest BCUT2D eigenvalue weighted by molar-refractivity contribution is 7.92. The average Bonchev–Trinajstić information content (AvgIpc) is 2.84. The van der Waals surface area contributed by atoms with Crippen LogP contribution in [0.3, 0.4) is 0 Å². The Morgan fingerprint density at radius 3 is 2.65 bits per heavy atom. The number of sulfone groups is 1. The maximum Gasteiger partial charge on any atom is 0.324 e. The molecule has 2 rings (SSSR count). The van der Waals surface area contributed by atoms with E-state index in [9.17, 15) is 22.7 Å². The molecule has 0 radical (unpaired) electrons. The Morgan fingerprint density at radius 1 is 1.48 bits per heavy atom. The number of fused-ring (bicyclic) bond motifs is 1. The molecule has 0 saturated carbocycles. The number of aromatic nitrogens is 1. The zero-order chi connectivity index (χ0) is 17.4. The molecule has 2 aromatic rings. The van der Waals surface area contributed by atoms with E-state index in [1.807, 2.05) is 0 Å². The third-order valence-electron chi connectivity index (χ3n) is 4.12. The van der Waals surface area contributed by atoms with E-state index < -0.39 is 26.4 Å². The highest BCUT2D eigenvalue weighted by Gasteiger charge is 2.43. The summed E-state index contributed by atoms with van der Waals surface area (Å²) in [5.41, 5.74) is 0.671. The molecule has 0 spiro atoms. The Labute approximate surface area is 133 Å².